The second kappa shape index (κ2) is 6.58. The summed E-state index contributed by atoms with van der Waals surface area (Å²) >= 11 is 0. The molecule has 0 atom stereocenters. The molecule has 0 aliphatic rings. The lowest BCUT2D eigenvalue weighted by Gasteiger charge is -2.11. The fourth-order valence-electron chi connectivity index (χ4n) is 1.72. The van der Waals surface area contributed by atoms with E-state index in [4.69, 9.17) is 15.2 Å². The molecule has 0 spiro atoms. The van der Waals surface area contributed by atoms with Gasteiger partial charge in [-0.1, -0.05) is 0 Å². The highest BCUT2D eigenvalue weighted by Gasteiger charge is 2.04. The highest BCUT2D eigenvalue weighted by molar-refractivity contribution is 5.51. The molecular formula is C14H17N3O2. The van der Waals surface area contributed by atoms with Crippen LogP contribution in [0.25, 0.3) is 0 Å². The Morgan fingerprint density at radius 2 is 1.95 bits per heavy atom. The van der Waals surface area contributed by atoms with Gasteiger partial charge in [-0.15, -0.1) is 0 Å². The molecule has 1 aromatic heterocycles. The fourth-order valence-corrected chi connectivity index (χ4v) is 1.72. The van der Waals surface area contributed by atoms with E-state index in [0.29, 0.717) is 23.8 Å². The molecule has 0 saturated heterocycles. The second-order valence-electron chi connectivity index (χ2n) is 4.11. The van der Waals surface area contributed by atoms with Crippen molar-refractivity contribution in [2.75, 3.05) is 19.5 Å². The van der Waals surface area contributed by atoms with Crippen molar-refractivity contribution in [3.05, 3.63) is 42.5 Å². The number of methoxy groups -OCH3 is 1. The van der Waals surface area contributed by atoms with Crippen molar-refractivity contribution >= 4 is 5.69 Å². The Hall–Kier alpha value is -2.30. The first-order valence-corrected chi connectivity index (χ1v) is 6.10. The molecule has 0 unspecified atom stereocenters. The van der Waals surface area contributed by atoms with E-state index in [2.05, 4.69) is 9.97 Å². The molecule has 0 fully saturated rings. The van der Waals surface area contributed by atoms with Gasteiger partial charge in [0.25, 0.3) is 0 Å². The van der Waals surface area contributed by atoms with Gasteiger partial charge in [0, 0.05) is 24.1 Å². The SMILES string of the molecule is COc1cc(N)ccc1OCCCc1cncnc1. The van der Waals surface area contributed by atoms with E-state index >= 15 is 0 Å². The normalized spacial score (nSPS) is 10.2. The van der Waals surface area contributed by atoms with Gasteiger partial charge in [0.1, 0.15) is 6.33 Å². The number of aromatic nitrogens is 2. The number of nitrogen functional groups attached to an aromatic ring is 1. The predicted molar refractivity (Wildman–Crippen MR) is 73.3 cm³/mol. The third-order valence-corrected chi connectivity index (χ3v) is 2.67. The number of benzene rings is 1. The molecule has 1 aromatic carbocycles. The van der Waals surface area contributed by atoms with Crippen LogP contribution in [0.4, 0.5) is 5.69 Å². The van der Waals surface area contributed by atoms with Crippen molar-refractivity contribution in [1.82, 2.24) is 9.97 Å². The van der Waals surface area contributed by atoms with Gasteiger partial charge >= 0.3 is 0 Å². The molecule has 0 amide bonds. The molecule has 0 bridgehead atoms. The largest absolute Gasteiger partial charge is 0.493 e. The van der Waals surface area contributed by atoms with Crippen LogP contribution in [0.15, 0.2) is 36.9 Å². The number of hydrogen-bond donors (Lipinski definition) is 1. The van der Waals surface area contributed by atoms with Gasteiger partial charge in [-0.05, 0) is 30.5 Å². The molecule has 2 N–H and O–H groups in total. The van der Waals surface area contributed by atoms with E-state index in [-0.39, 0.29) is 0 Å². The average Bonchev–Trinajstić information content (AvgIpc) is 2.46. The molecular weight excluding hydrogens is 242 g/mol. The van der Waals surface area contributed by atoms with Crippen LogP contribution in [0.3, 0.4) is 0 Å². The van der Waals surface area contributed by atoms with E-state index in [9.17, 15) is 0 Å². The lowest BCUT2D eigenvalue weighted by atomic mass is 10.2. The van der Waals surface area contributed by atoms with E-state index in [1.165, 1.54) is 6.33 Å². The Morgan fingerprint density at radius 1 is 1.16 bits per heavy atom. The molecule has 19 heavy (non-hydrogen) atoms. The van der Waals surface area contributed by atoms with Crippen LogP contribution < -0.4 is 15.2 Å². The number of hydrogen-bond acceptors (Lipinski definition) is 5. The highest BCUT2D eigenvalue weighted by atomic mass is 16.5. The fraction of sp³-hybridized carbons (Fsp3) is 0.286. The van der Waals surface area contributed by atoms with Crippen LogP contribution in [0.2, 0.25) is 0 Å². The van der Waals surface area contributed by atoms with Gasteiger partial charge in [0.2, 0.25) is 0 Å². The summed E-state index contributed by atoms with van der Waals surface area (Å²) in [5, 5.41) is 0. The Morgan fingerprint density at radius 3 is 2.68 bits per heavy atom. The summed E-state index contributed by atoms with van der Waals surface area (Å²) in [5.74, 6) is 1.36. The molecule has 0 radical (unpaired) electrons. The van der Waals surface area contributed by atoms with E-state index in [1.54, 1.807) is 19.2 Å². The van der Waals surface area contributed by atoms with Crippen molar-refractivity contribution < 1.29 is 9.47 Å². The first-order chi connectivity index (χ1) is 9.29. The summed E-state index contributed by atoms with van der Waals surface area (Å²) in [7, 11) is 1.60. The number of anilines is 1. The average molecular weight is 259 g/mol. The van der Waals surface area contributed by atoms with E-state index in [0.717, 1.165) is 18.4 Å². The number of nitrogens with two attached hydrogens (primary N) is 1. The summed E-state index contributed by atoms with van der Waals surface area (Å²) in [6, 6.07) is 5.36. The van der Waals surface area contributed by atoms with Crippen LogP contribution in [0, 0.1) is 0 Å². The Kier molecular flexibility index (Phi) is 4.55. The summed E-state index contributed by atoms with van der Waals surface area (Å²) in [6.45, 7) is 0.606. The summed E-state index contributed by atoms with van der Waals surface area (Å²) in [5.41, 5.74) is 7.45. The monoisotopic (exact) mass is 259 g/mol. The second-order valence-corrected chi connectivity index (χ2v) is 4.11. The third-order valence-electron chi connectivity index (χ3n) is 2.67. The zero-order valence-corrected chi connectivity index (χ0v) is 10.9. The number of rotatable bonds is 6. The van der Waals surface area contributed by atoms with Gasteiger partial charge in [-0.25, -0.2) is 9.97 Å². The number of ether oxygens (including phenoxy) is 2. The Labute approximate surface area is 112 Å². The zero-order chi connectivity index (χ0) is 13.5. The van der Waals surface area contributed by atoms with E-state index < -0.39 is 0 Å². The first kappa shape index (κ1) is 13.1. The van der Waals surface area contributed by atoms with Gasteiger partial charge in [-0.3, -0.25) is 0 Å². The maximum atomic E-state index is 5.68. The lowest BCUT2D eigenvalue weighted by molar-refractivity contribution is 0.289. The van der Waals surface area contributed by atoms with Crippen molar-refractivity contribution in [2.24, 2.45) is 0 Å². The molecule has 5 heteroatoms. The molecule has 5 nitrogen and oxygen atoms in total. The molecule has 100 valence electrons. The Balaban J connectivity index is 1.83. The summed E-state index contributed by atoms with van der Waals surface area (Å²) in [6.07, 6.45) is 6.94. The first-order valence-electron chi connectivity index (χ1n) is 6.10. The molecule has 0 saturated carbocycles. The van der Waals surface area contributed by atoms with Crippen molar-refractivity contribution in [1.29, 1.82) is 0 Å². The van der Waals surface area contributed by atoms with Gasteiger partial charge in [0.15, 0.2) is 11.5 Å². The minimum Gasteiger partial charge on any atom is -0.493 e. The molecule has 2 aromatic rings. The smallest absolute Gasteiger partial charge is 0.162 e. The van der Waals surface area contributed by atoms with Crippen LogP contribution >= 0.6 is 0 Å². The van der Waals surface area contributed by atoms with Gasteiger partial charge < -0.3 is 15.2 Å². The molecule has 0 aliphatic carbocycles. The maximum absolute atomic E-state index is 5.68. The maximum Gasteiger partial charge on any atom is 0.162 e. The minimum absolute atomic E-state index is 0.606. The van der Waals surface area contributed by atoms with Crippen LogP contribution in [-0.2, 0) is 6.42 Å². The molecule has 1 heterocycles. The standard InChI is InChI=1S/C14H17N3O2/c1-18-14-7-12(15)4-5-13(14)19-6-2-3-11-8-16-10-17-9-11/h4-5,7-10H,2-3,6,15H2,1H3. The van der Waals surface area contributed by atoms with Crippen molar-refractivity contribution in [3.63, 3.8) is 0 Å². The predicted octanol–water partition coefficient (Wildman–Crippen LogP) is 2.08. The quantitative estimate of drug-likeness (QED) is 0.635. The third kappa shape index (κ3) is 3.84. The van der Waals surface area contributed by atoms with Crippen molar-refractivity contribution in [3.8, 4) is 11.5 Å². The Bertz CT molecular complexity index is 517. The van der Waals surface area contributed by atoms with Crippen LogP contribution in [0.1, 0.15) is 12.0 Å². The van der Waals surface area contributed by atoms with E-state index in [1.807, 2.05) is 18.5 Å². The summed E-state index contributed by atoms with van der Waals surface area (Å²) in [4.78, 5) is 7.95. The molecule has 2 rings (SSSR count). The number of aryl methyl sites for hydroxylation is 1. The zero-order valence-electron chi connectivity index (χ0n) is 10.9. The number of nitrogens with zero attached hydrogens (tertiary/aromatic N) is 2. The highest BCUT2D eigenvalue weighted by Crippen LogP contribution is 2.29. The van der Waals surface area contributed by atoms with Gasteiger partial charge in [-0.2, -0.15) is 0 Å². The summed E-state index contributed by atoms with van der Waals surface area (Å²) < 4.78 is 10.9. The van der Waals surface area contributed by atoms with Crippen molar-refractivity contribution in [2.45, 2.75) is 12.8 Å². The van der Waals surface area contributed by atoms with Gasteiger partial charge in [0.05, 0.1) is 13.7 Å². The topological polar surface area (TPSA) is 70.3 Å². The minimum atomic E-state index is 0.606. The molecule has 0 aliphatic heterocycles. The lowest BCUT2D eigenvalue weighted by Crippen LogP contribution is -2.01. The van der Waals surface area contributed by atoms with Crippen LogP contribution in [0.5, 0.6) is 11.5 Å². The van der Waals surface area contributed by atoms with Crippen LogP contribution in [-0.4, -0.2) is 23.7 Å².